The summed E-state index contributed by atoms with van der Waals surface area (Å²) in [6, 6.07) is 1.12. The van der Waals surface area contributed by atoms with Gasteiger partial charge in [-0.15, -0.1) is 24.0 Å². The maximum absolute atomic E-state index is 4.30. The van der Waals surface area contributed by atoms with Gasteiger partial charge in [-0.3, -0.25) is 4.99 Å². The molecule has 0 saturated heterocycles. The smallest absolute Gasteiger partial charge is 0.191 e. The maximum atomic E-state index is 4.30. The summed E-state index contributed by atoms with van der Waals surface area (Å²) in [5.74, 6) is 1.77. The van der Waals surface area contributed by atoms with E-state index < -0.39 is 0 Å². The fourth-order valence-electron chi connectivity index (χ4n) is 2.34. The van der Waals surface area contributed by atoms with Crippen molar-refractivity contribution in [1.29, 1.82) is 0 Å². The summed E-state index contributed by atoms with van der Waals surface area (Å²) in [6.07, 6.45) is 3.71. The number of halogens is 1. The topological polar surface area (TPSA) is 39.7 Å². The number of aliphatic imine (C=N–C) groups is 1. The van der Waals surface area contributed by atoms with Crippen molar-refractivity contribution >= 4 is 29.9 Å². The van der Waals surface area contributed by atoms with E-state index in [0.717, 1.165) is 25.0 Å². The quantitative estimate of drug-likeness (QED) is 0.377. The molecule has 20 heavy (non-hydrogen) atoms. The standard InChI is InChI=1S/C15H32N4.HI/c1-6-19(7-2)10-8-9-13(4)17-15(16-5)18-14-11-12(14)3;/h12-14H,6-11H2,1-5H3,(H2,16,17,18);1H. The highest BCUT2D eigenvalue weighted by atomic mass is 127. The van der Waals surface area contributed by atoms with Crippen LogP contribution in [-0.4, -0.2) is 49.6 Å². The maximum Gasteiger partial charge on any atom is 0.191 e. The molecule has 0 radical (unpaired) electrons. The molecule has 3 atom stereocenters. The summed E-state index contributed by atoms with van der Waals surface area (Å²) in [7, 11) is 1.85. The van der Waals surface area contributed by atoms with E-state index in [1.165, 1.54) is 25.8 Å². The Balaban J connectivity index is 0.00000361. The van der Waals surface area contributed by atoms with Crippen LogP contribution in [0.1, 0.15) is 47.0 Å². The summed E-state index contributed by atoms with van der Waals surface area (Å²) < 4.78 is 0. The minimum absolute atomic E-state index is 0. The molecule has 1 fully saturated rings. The Labute approximate surface area is 142 Å². The molecular weight excluding hydrogens is 363 g/mol. The van der Waals surface area contributed by atoms with Gasteiger partial charge in [-0.2, -0.15) is 0 Å². The van der Waals surface area contributed by atoms with Crippen molar-refractivity contribution in [2.75, 3.05) is 26.7 Å². The van der Waals surface area contributed by atoms with Crippen LogP contribution in [0, 0.1) is 5.92 Å². The molecule has 3 unspecified atom stereocenters. The first-order valence-electron chi connectivity index (χ1n) is 7.82. The third-order valence-corrected chi connectivity index (χ3v) is 4.04. The molecule has 5 heteroatoms. The van der Waals surface area contributed by atoms with E-state index in [1.54, 1.807) is 0 Å². The van der Waals surface area contributed by atoms with Crippen LogP contribution in [0.5, 0.6) is 0 Å². The zero-order valence-corrected chi connectivity index (χ0v) is 16.1. The summed E-state index contributed by atoms with van der Waals surface area (Å²) >= 11 is 0. The lowest BCUT2D eigenvalue weighted by molar-refractivity contribution is 0.292. The highest BCUT2D eigenvalue weighted by Crippen LogP contribution is 2.28. The zero-order valence-electron chi connectivity index (χ0n) is 13.8. The van der Waals surface area contributed by atoms with Gasteiger partial charge in [-0.1, -0.05) is 20.8 Å². The van der Waals surface area contributed by atoms with Crippen LogP contribution in [-0.2, 0) is 0 Å². The minimum atomic E-state index is 0. The van der Waals surface area contributed by atoms with Crippen molar-refractivity contribution in [2.45, 2.75) is 59.0 Å². The highest BCUT2D eigenvalue weighted by Gasteiger charge is 2.33. The van der Waals surface area contributed by atoms with E-state index in [1.807, 2.05) is 7.05 Å². The molecule has 4 nitrogen and oxygen atoms in total. The Morgan fingerprint density at radius 3 is 2.40 bits per heavy atom. The fourth-order valence-corrected chi connectivity index (χ4v) is 2.34. The van der Waals surface area contributed by atoms with Crippen LogP contribution in [0.25, 0.3) is 0 Å². The molecule has 1 rings (SSSR count). The van der Waals surface area contributed by atoms with Gasteiger partial charge in [0.1, 0.15) is 0 Å². The van der Waals surface area contributed by atoms with Gasteiger partial charge in [-0.25, -0.2) is 0 Å². The summed E-state index contributed by atoms with van der Waals surface area (Å²) in [5, 5.41) is 6.96. The first-order chi connectivity index (χ1) is 9.10. The molecule has 0 aliphatic heterocycles. The van der Waals surface area contributed by atoms with E-state index >= 15 is 0 Å². The molecule has 0 aromatic rings. The molecule has 0 aromatic carbocycles. The van der Waals surface area contributed by atoms with Gasteiger partial charge < -0.3 is 15.5 Å². The first kappa shape index (κ1) is 20.0. The molecule has 1 aliphatic rings. The second-order valence-electron chi connectivity index (χ2n) is 5.75. The van der Waals surface area contributed by atoms with E-state index in [0.29, 0.717) is 12.1 Å². The van der Waals surface area contributed by atoms with E-state index in [-0.39, 0.29) is 24.0 Å². The number of nitrogens with zero attached hydrogens (tertiary/aromatic N) is 2. The highest BCUT2D eigenvalue weighted by molar-refractivity contribution is 14.0. The number of hydrogen-bond donors (Lipinski definition) is 2. The van der Waals surface area contributed by atoms with Crippen LogP contribution in [0.3, 0.4) is 0 Å². The van der Waals surface area contributed by atoms with Gasteiger partial charge in [0.05, 0.1) is 0 Å². The molecule has 1 aliphatic carbocycles. The molecular formula is C15H33IN4. The Hall–Kier alpha value is -0.0400. The van der Waals surface area contributed by atoms with Gasteiger partial charge in [0, 0.05) is 19.1 Å². The zero-order chi connectivity index (χ0) is 14.3. The third kappa shape index (κ3) is 7.67. The Bertz CT molecular complexity index is 279. The van der Waals surface area contributed by atoms with Gasteiger partial charge in [0.25, 0.3) is 0 Å². The molecule has 0 aromatic heterocycles. The lowest BCUT2D eigenvalue weighted by Crippen LogP contribution is -2.43. The molecule has 0 amide bonds. The van der Waals surface area contributed by atoms with Crippen LogP contribution in [0.4, 0.5) is 0 Å². The van der Waals surface area contributed by atoms with Crippen LogP contribution in [0.2, 0.25) is 0 Å². The van der Waals surface area contributed by atoms with Crippen LogP contribution >= 0.6 is 24.0 Å². The second kappa shape index (κ2) is 10.7. The van der Waals surface area contributed by atoms with Crippen molar-refractivity contribution in [1.82, 2.24) is 15.5 Å². The second-order valence-corrected chi connectivity index (χ2v) is 5.75. The molecule has 1 saturated carbocycles. The molecule has 0 spiro atoms. The number of nitrogens with one attached hydrogen (secondary N) is 2. The molecule has 0 heterocycles. The molecule has 120 valence electrons. The Morgan fingerprint density at radius 2 is 1.95 bits per heavy atom. The SMILES string of the molecule is CCN(CC)CCCC(C)NC(=NC)NC1CC1C.I. The number of guanidine groups is 1. The Kier molecular flexibility index (Phi) is 10.6. The van der Waals surface area contributed by atoms with Crippen LogP contribution < -0.4 is 10.6 Å². The summed E-state index contributed by atoms with van der Waals surface area (Å²) in [6.45, 7) is 12.5. The van der Waals surface area contributed by atoms with Crippen molar-refractivity contribution in [3.63, 3.8) is 0 Å². The predicted octanol–water partition coefficient (Wildman–Crippen LogP) is 2.69. The predicted molar refractivity (Wildman–Crippen MR) is 99.1 cm³/mol. The first-order valence-corrected chi connectivity index (χ1v) is 7.82. The van der Waals surface area contributed by atoms with Gasteiger partial charge in [0.15, 0.2) is 5.96 Å². The minimum Gasteiger partial charge on any atom is -0.354 e. The van der Waals surface area contributed by atoms with Gasteiger partial charge in [0.2, 0.25) is 0 Å². The number of rotatable bonds is 8. The van der Waals surface area contributed by atoms with Crippen molar-refractivity contribution < 1.29 is 0 Å². The van der Waals surface area contributed by atoms with Crippen molar-refractivity contribution in [3.05, 3.63) is 0 Å². The van der Waals surface area contributed by atoms with E-state index in [4.69, 9.17) is 0 Å². The summed E-state index contributed by atoms with van der Waals surface area (Å²) in [4.78, 5) is 6.78. The number of hydrogen-bond acceptors (Lipinski definition) is 2. The van der Waals surface area contributed by atoms with Crippen molar-refractivity contribution in [3.8, 4) is 0 Å². The summed E-state index contributed by atoms with van der Waals surface area (Å²) in [5.41, 5.74) is 0. The Morgan fingerprint density at radius 1 is 1.35 bits per heavy atom. The average Bonchev–Trinajstić information content (AvgIpc) is 3.09. The van der Waals surface area contributed by atoms with Gasteiger partial charge in [-0.05, 0) is 51.7 Å². The largest absolute Gasteiger partial charge is 0.354 e. The van der Waals surface area contributed by atoms with Gasteiger partial charge >= 0.3 is 0 Å². The monoisotopic (exact) mass is 396 g/mol. The van der Waals surface area contributed by atoms with Crippen molar-refractivity contribution in [2.24, 2.45) is 10.9 Å². The average molecular weight is 396 g/mol. The molecule has 0 bridgehead atoms. The normalized spacial score (nSPS) is 23.2. The molecule has 2 N–H and O–H groups in total. The van der Waals surface area contributed by atoms with E-state index in [2.05, 4.69) is 48.2 Å². The van der Waals surface area contributed by atoms with E-state index in [9.17, 15) is 0 Å². The lowest BCUT2D eigenvalue weighted by atomic mass is 10.2. The third-order valence-electron chi connectivity index (χ3n) is 4.04. The lowest BCUT2D eigenvalue weighted by Gasteiger charge is -2.21. The van der Waals surface area contributed by atoms with Crippen LogP contribution in [0.15, 0.2) is 4.99 Å². The fraction of sp³-hybridized carbons (Fsp3) is 0.933.